The molecule has 0 amide bonds. The van der Waals surface area contributed by atoms with Crippen LogP contribution in [-0.2, 0) is 0 Å². The summed E-state index contributed by atoms with van der Waals surface area (Å²) >= 11 is 11.1. The van der Waals surface area contributed by atoms with Gasteiger partial charge in [0.1, 0.15) is 5.02 Å². The van der Waals surface area contributed by atoms with Crippen molar-refractivity contribution in [1.29, 1.82) is 0 Å². The minimum atomic E-state index is -0.625. The molecule has 0 heterocycles. The Morgan fingerprint density at radius 2 is 2.13 bits per heavy atom. The number of benzene rings is 1. The lowest BCUT2D eigenvalue weighted by molar-refractivity contribution is -0.384. The second-order valence-corrected chi connectivity index (χ2v) is 3.60. The highest BCUT2D eigenvalue weighted by molar-refractivity contribution is 6.38. The number of aryl methyl sites for hydroxylation is 1. The van der Waals surface area contributed by atoms with E-state index in [0.29, 0.717) is 5.56 Å². The van der Waals surface area contributed by atoms with Gasteiger partial charge in [-0.1, -0.05) is 11.6 Å². The summed E-state index contributed by atoms with van der Waals surface area (Å²) in [6.45, 7) is 1.65. The van der Waals surface area contributed by atoms with Crippen LogP contribution in [-0.4, -0.2) is 16.6 Å². The predicted octanol–water partition coefficient (Wildman–Crippen LogP) is 2.98. The molecule has 0 unspecified atom stereocenters. The first-order chi connectivity index (χ1) is 6.97. The summed E-state index contributed by atoms with van der Waals surface area (Å²) in [5.74, 6) is -0.672. The highest BCUT2D eigenvalue weighted by Crippen LogP contribution is 2.29. The van der Waals surface area contributed by atoms with Crippen LogP contribution in [0.3, 0.4) is 0 Å². The number of carbonyl (C=O) groups is 1. The number of nitro benzene ring substituents is 1. The second-order valence-electron chi connectivity index (χ2n) is 2.96. The van der Waals surface area contributed by atoms with E-state index >= 15 is 0 Å². The molecule has 0 N–H and O–H groups in total. The normalized spacial score (nSPS) is 10.1. The first-order valence-corrected chi connectivity index (χ1v) is 4.92. The van der Waals surface area contributed by atoms with Crippen LogP contribution in [0.4, 0.5) is 5.69 Å². The maximum atomic E-state index is 11.3. The van der Waals surface area contributed by atoms with Crippen molar-refractivity contribution >= 4 is 34.7 Å². The largest absolute Gasteiger partial charge is 0.293 e. The van der Waals surface area contributed by atoms with Crippen molar-refractivity contribution in [3.8, 4) is 0 Å². The first-order valence-electron chi connectivity index (χ1n) is 4.01. The molecule has 4 nitrogen and oxygen atoms in total. The van der Waals surface area contributed by atoms with Crippen LogP contribution in [0.2, 0.25) is 5.02 Å². The van der Waals surface area contributed by atoms with Crippen molar-refractivity contribution in [3.63, 3.8) is 0 Å². The lowest BCUT2D eigenvalue weighted by Gasteiger charge is -2.03. The summed E-state index contributed by atoms with van der Waals surface area (Å²) in [5, 5.41) is 10.5. The molecule has 1 aromatic carbocycles. The lowest BCUT2D eigenvalue weighted by Crippen LogP contribution is -2.04. The van der Waals surface area contributed by atoms with Gasteiger partial charge < -0.3 is 0 Å². The van der Waals surface area contributed by atoms with Crippen LogP contribution < -0.4 is 0 Å². The summed E-state index contributed by atoms with van der Waals surface area (Å²) in [7, 11) is 0. The molecule has 80 valence electrons. The second kappa shape index (κ2) is 4.59. The number of Topliss-reactive ketones (excluding diaryl/α,β-unsaturated/α-hetero) is 1. The van der Waals surface area contributed by atoms with Gasteiger partial charge in [0, 0.05) is 11.6 Å². The van der Waals surface area contributed by atoms with Gasteiger partial charge >= 0.3 is 0 Å². The number of nitro groups is 1. The molecule has 0 aliphatic rings. The van der Waals surface area contributed by atoms with Gasteiger partial charge in [-0.2, -0.15) is 0 Å². The van der Waals surface area contributed by atoms with Crippen LogP contribution in [0, 0.1) is 17.0 Å². The van der Waals surface area contributed by atoms with Gasteiger partial charge in [-0.05, 0) is 18.6 Å². The van der Waals surface area contributed by atoms with E-state index in [2.05, 4.69) is 0 Å². The Balaban J connectivity index is 3.41. The molecule has 0 fully saturated rings. The smallest absolute Gasteiger partial charge is 0.288 e. The Kier molecular flexibility index (Phi) is 3.66. The summed E-state index contributed by atoms with van der Waals surface area (Å²) in [5.41, 5.74) is 0.420. The van der Waals surface area contributed by atoms with E-state index in [-0.39, 0.29) is 22.2 Å². The van der Waals surface area contributed by atoms with Crippen LogP contribution in [0.25, 0.3) is 0 Å². The van der Waals surface area contributed by atoms with Crippen molar-refractivity contribution in [2.45, 2.75) is 6.92 Å². The minimum absolute atomic E-state index is 0.0957. The fourth-order valence-corrected chi connectivity index (χ4v) is 1.58. The maximum absolute atomic E-state index is 11.3. The highest BCUT2D eigenvalue weighted by atomic mass is 35.5. The van der Waals surface area contributed by atoms with E-state index in [1.54, 1.807) is 6.92 Å². The summed E-state index contributed by atoms with van der Waals surface area (Å²) in [6, 6.07) is 2.80. The lowest BCUT2D eigenvalue weighted by atomic mass is 10.1. The number of hydrogen-bond acceptors (Lipinski definition) is 3. The topological polar surface area (TPSA) is 60.2 Å². The molecule has 0 saturated heterocycles. The van der Waals surface area contributed by atoms with Gasteiger partial charge in [0.05, 0.1) is 10.8 Å². The standard InChI is InChI=1S/C9H7Cl2NO3/c1-5-2-6(8(13)4-10)9(11)7(3-5)12(14)15/h2-3H,4H2,1H3. The summed E-state index contributed by atoms with van der Waals surface area (Å²) < 4.78 is 0. The van der Waals surface area contributed by atoms with E-state index in [9.17, 15) is 14.9 Å². The van der Waals surface area contributed by atoms with Gasteiger partial charge in [0.2, 0.25) is 0 Å². The van der Waals surface area contributed by atoms with Crippen molar-refractivity contribution in [2.24, 2.45) is 0 Å². The molecule has 0 saturated carbocycles. The predicted molar refractivity (Wildman–Crippen MR) is 57.9 cm³/mol. The zero-order valence-corrected chi connectivity index (χ0v) is 9.30. The van der Waals surface area contributed by atoms with E-state index in [0.717, 1.165) is 0 Å². The van der Waals surface area contributed by atoms with Crippen LogP contribution in [0.5, 0.6) is 0 Å². The van der Waals surface area contributed by atoms with E-state index in [1.165, 1.54) is 12.1 Å². The quantitative estimate of drug-likeness (QED) is 0.357. The zero-order valence-electron chi connectivity index (χ0n) is 7.79. The van der Waals surface area contributed by atoms with Crippen molar-refractivity contribution in [2.75, 3.05) is 5.88 Å². The molecule has 6 heteroatoms. The molecule has 15 heavy (non-hydrogen) atoms. The Labute approximate surface area is 95.9 Å². The third-order valence-electron chi connectivity index (χ3n) is 1.82. The molecule has 0 aliphatic carbocycles. The van der Waals surface area contributed by atoms with Gasteiger partial charge in [0.15, 0.2) is 5.78 Å². The molecular formula is C9H7Cl2NO3. The number of rotatable bonds is 3. The average molecular weight is 248 g/mol. The van der Waals surface area contributed by atoms with Gasteiger partial charge in [-0.25, -0.2) is 0 Å². The number of halogens is 2. The molecule has 0 bridgehead atoms. The van der Waals surface area contributed by atoms with Crippen molar-refractivity contribution in [3.05, 3.63) is 38.4 Å². The SMILES string of the molecule is Cc1cc(C(=O)CCl)c(Cl)c([N+](=O)[O-])c1. The van der Waals surface area contributed by atoms with Crippen LogP contribution in [0.1, 0.15) is 15.9 Å². The van der Waals surface area contributed by atoms with Gasteiger partial charge in [-0.15, -0.1) is 11.6 Å². The van der Waals surface area contributed by atoms with E-state index < -0.39 is 10.7 Å². The van der Waals surface area contributed by atoms with Gasteiger partial charge in [-0.3, -0.25) is 14.9 Å². The van der Waals surface area contributed by atoms with Crippen molar-refractivity contribution in [1.82, 2.24) is 0 Å². The fraction of sp³-hybridized carbons (Fsp3) is 0.222. The highest BCUT2D eigenvalue weighted by Gasteiger charge is 2.20. The molecular weight excluding hydrogens is 241 g/mol. The zero-order chi connectivity index (χ0) is 11.6. The first kappa shape index (κ1) is 11.9. The number of ketones is 1. The third-order valence-corrected chi connectivity index (χ3v) is 2.46. The molecule has 0 radical (unpaired) electrons. The van der Waals surface area contributed by atoms with Crippen LogP contribution in [0.15, 0.2) is 12.1 Å². The fourth-order valence-electron chi connectivity index (χ4n) is 1.16. The van der Waals surface area contributed by atoms with Crippen molar-refractivity contribution < 1.29 is 9.72 Å². The average Bonchev–Trinajstić information content (AvgIpc) is 2.19. The number of alkyl halides is 1. The number of carbonyl (C=O) groups excluding carboxylic acids is 1. The molecule has 0 atom stereocenters. The summed E-state index contributed by atoms with van der Waals surface area (Å²) in [4.78, 5) is 21.3. The Morgan fingerprint density at radius 3 is 2.60 bits per heavy atom. The number of hydrogen-bond donors (Lipinski definition) is 0. The van der Waals surface area contributed by atoms with Gasteiger partial charge in [0.25, 0.3) is 5.69 Å². The minimum Gasteiger partial charge on any atom is -0.293 e. The maximum Gasteiger partial charge on any atom is 0.288 e. The third kappa shape index (κ3) is 2.46. The van der Waals surface area contributed by atoms with E-state index in [4.69, 9.17) is 23.2 Å². The monoisotopic (exact) mass is 247 g/mol. The molecule has 1 aromatic rings. The molecule has 0 aromatic heterocycles. The Morgan fingerprint density at radius 1 is 1.53 bits per heavy atom. The van der Waals surface area contributed by atoms with E-state index in [1.807, 2.05) is 0 Å². The summed E-state index contributed by atoms with van der Waals surface area (Å²) in [6.07, 6.45) is 0. The Hall–Kier alpha value is -1.13. The molecule has 1 rings (SSSR count). The van der Waals surface area contributed by atoms with Crippen LogP contribution >= 0.6 is 23.2 Å². The number of nitrogens with zero attached hydrogens (tertiary/aromatic N) is 1. The molecule has 0 aliphatic heterocycles. The molecule has 0 spiro atoms. The Bertz CT molecular complexity index is 432.